The van der Waals surface area contributed by atoms with Gasteiger partial charge in [-0.1, -0.05) is 11.6 Å². The summed E-state index contributed by atoms with van der Waals surface area (Å²) in [5.74, 6) is 1.10. The van der Waals surface area contributed by atoms with Gasteiger partial charge in [-0.2, -0.15) is 5.26 Å². The summed E-state index contributed by atoms with van der Waals surface area (Å²) in [6.07, 6.45) is 2.31. The topological polar surface area (TPSA) is 99.1 Å². The molecule has 2 aromatic rings. The van der Waals surface area contributed by atoms with E-state index < -0.39 is 0 Å². The van der Waals surface area contributed by atoms with Crippen molar-refractivity contribution in [2.75, 3.05) is 22.9 Å². The van der Waals surface area contributed by atoms with Crippen LogP contribution in [0.5, 0.6) is 0 Å². The fraction of sp³-hybridized carbons (Fsp3) is 0.333. The Morgan fingerprint density at radius 1 is 1.23 bits per heavy atom. The Hall–Kier alpha value is -2.85. The zero-order valence-electron chi connectivity index (χ0n) is 14.0. The summed E-state index contributed by atoms with van der Waals surface area (Å²) in [7, 11) is 0. The molecule has 1 fully saturated rings. The van der Waals surface area contributed by atoms with Crippen molar-refractivity contribution < 1.29 is 4.79 Å². The predicted octanol–water partition coefficient (Wildman–Crippen LogP) is 2.15. The fourth-order valence-electron chi connectivity index (χ4n) is 3.71. The van der Waals surface area contributed by atoms with E-state index in [2.05, 4.69) is 9.97 Å². The van der Waals surface area contributed by atoms with Crippen molar-refractivity contribution in [3.05, 3.63) is 40.7 Å². The third kappa shape index (κ3) is 2.72. The van der Waals surface area contributed by atoms with E-state index in [9.17, 15) is 10.1 Å². The molecule has 0 saturated carbocycles. The Balaban J connectivity index is 1.80. The van der Waals surface area contributed by atoms with Gasteiger partial charge in [-0.05, 0) is 43.5 Å². The number of nitrogens with zero attached hydrogens (tertiary/aromatic N) is 5. The fourth-order valence-corrected chi connectivity index (χ4v) is 3.84. The summed E-state index contributed by atoms with van der Waals surface area (Å²) in [5, 5.41) is 10.0. The molecule has 2 aliphatic rings. The maximum Gasteiger partial charge on any atom is 0.240 e. The Kier molecular flexibility index (Phi) is 4.13. The Morgan fingerprint density at radius 2 is 1.96 bits per heavy atom. The van der Waals surface area contributed by atoms with Crippen LogP contribution in [0.25, 0.3) is 0 Å². The lowest BCUT2D eigenvalue weighted by atomic mass is 10.2. The van der Waals surface area contributed by atoms with Crippen molar-refractivity contribution in [1.29, 1.82) is 5.26 Å². The molecule has 1 saturated heterocycles. The van der Waals surface area contributed by atoms with Gasteiger partial charge in [-0.15, -0.1) is 0 Å². The molecular weight excluding hydrogens is 352 g/mol. The molecule has 1 amide bonds. The molecule has 0 unspecified atom stereocenters. The van der Waals surface area contributed by atoms with E-state index in [1.165, 1.54) is 0 Å². The van der Waals surface area contributed by atoms with Crippen LogP contribution in [-0.4, -0.2) is 35.0 Å². The van der Waals surface area contributed by atoms with Crippen LogP contribution in [0, 0.1) is 11.3 Å². The highest BCUT2D eigenvalue weighted by Crippen LogP contribution is 2.39. The number of hydrogen-bond acceptors (Lipinski definition) is 6. The molecule has 0 aliphatic carbocycles. The van der Waals surface area contributed by atoms with E-state index in [1.54, 1.807) is 0 Å². The van der Waals surface area contributed by atoms with Crippen molar-refractivity contribution in [3.63, 3.8) is 0 Å². The third-order valence-corrected chi connectivity index (χ3v) is 5.15. The lowest BCUT2D eigenvalue weighted by molar-refractivity contribution is -0.119. The van der Waals surface area contributed by atoms with Crippen LogP contribution in [0.4, 0.5) is 17.3 Å². The molecule has 3 heterocycles. The summed E-state index contributed by atoms with van der Waals surface area (Å²) in [4.78, 5) is 24.6. The molecule has 2 aliphatic heterocycles. The number of fused-ring (bicyclic) bond motifs is 1. The minimum absolute atomic E-state index is 0.0923. The molecule has 1 aromatic carbocycles. The molecular formula is C18H17ClN6O. The van der Waals surface area contributed by atoms with E-state index in [1.807, 2.05) is 40.1 Å². The summed E-state index contributed by atoms with van der Waals surface area (Å²) in [6, 6.07) is 9.15. The second kappa shape index (κ2) is 6.46. The molecule has 26 heavy (non-hydrogen) atoms. The van der Waals surface area contributed by atoms with Gasteiger partial charge in [-0.25, -0.2) is 9.97 Å². The predicted molar refractivity (Wildman–Crippen MR) is 98.5 cm³/mol. The number of hydrogen-bond donors (Lipinski definition) is 1. The van der Waals surface area contributed by atoms with Crippen molar-refractivity contribution in [1.82, 2.24) is 9.97 Å². The molecule has 0 spiro atoms. The molecule has 2 N–H and O–H groups in total. The number of carbonyl (C=O) groups is 1. The number of carbonyl (C=O) groups excluding carboxylic acids is 1. The third-order valence-electron chi connectivity index (χ3n) is 4.90. The van der Waals surface area contributed by atoms with E-state index in [-0.39, 0.29) is 17.8 Å². The van der Waals surface area contributed by atoms with Crippen LogP contribution in [0.15, 0.2) is 24.3 Å². The van der Waals surface area contributed by atoms with E-state index >= 15 is 0 Å². The van der Waals surface area contributed by atoms with E-state index in [0.717, 1.165) is 30.6 Å². The van der Waals surface area contributed by atoms with Crippen LogP contribution in [0.1, 0.15) is 24.2 Å². The van der Waals surface area contributed by atoms with Gasteiger partial charge < -0.3 is 15.5 Å². The second-order valence-electron chi connectivity index (χ2n) is 6.42. The van der Waals surface area contributed by atoms with Crippen molar-refractivity contribution in [2.24, 2.45) is 5.73 Å². The molecule has 7 nitrogen and oxygen atoms in total. The zero-order chi connectivity index (χ0) is 18.3. The van der Waals surface area contributed by atoms with Gasteiger partial charge in [0.1, 0.15) is 23.7 Å². The number of anilines is 3. The standard InChI is InChI=1S/C18H17ClN6O/c19-11-3-5-12(6-4-11)24-9-7-13-17(24)22-15(10-20)23-18(13)25-8-1-2-14(25)16(21)26/h3-6,14H,1-2,7-9H2,(H2,21,26)/t14-/m0/s1. The normalized spacial score (nSPS) is 18.7. The SMILES string of the molecule is N#Cc1nc2c(c(N3CCC[C@H]3C(N)=O)n1)CCN2c1ccc(Cl)cc1. The first-order valence-corrected chi connectivity index (χ1v) is 8.86. The van der Waals surface area contributed by atoms with Gasteiger partial charge >= 0.3 is 0 Å². The van der Waals surface area contributed by atoms with Gasteiger partial charge in [-0.3, -0.25) is 4.79 Å². The van der Waals surface area contributed by atoms with Gasteiger partial charge in [0.15, 0.2) is 0 Å². The number of primary amides is 1. The van der Waals surface area contributed by atoms with Gasteiger partial charge in [0.05, 0.1) is 0 Å². The number of nitriles is 1. The van der Waals surface area contributed by atoms with Gasteiger partial charge in [0, 0.05) is 29.4 Å². The maximum absolute atomic E-state index is 11.8. The van der Waals surface area contributed by atoms with Crippen LogP contribution >= 0.6 is 11.6 Å². The first-order valence-electron chi connectivity index (χ1n) is 8.48. The largest absolute Gasteiger partial charge is 0.368 e. The molecule has 8 heteroatoms. The van der Waals surface area contributed by atoms with Gasteiger partial charge in [0.2, 0.25) is 11.7 Å². The average Bonchev–Trinajstić information content (AvgIpc) is 3.28. The highest BCUT2D eigenvalue weighted by Gasteiger charge is 2.35. The Labute approximate surface area is 156 Å². The minimum atomic E-state index is -0.384. The lowest BCUT2D eigenvalue weighted by Crippen LogP contribution is -2.41. The number of aromatic nitrogens is 2. The Bertz CT molecular complexity index is 907. The van der Waals surface area contributed by atoms with Crippen molar-refractivity contribution >= 4 is 34.8 Å². The summed E-state index contributed by atoms with van der Waals surface area (Å²) >= 11 is 5.99. The molecule has 1 aromatic heterocycles. The van der Waals surface area contributed by atoms with E-state index in [0.29, 0.717) is 29.6 Å². The number of nitrogens with two attached hydrogens (primary N) is 1. The molecule has 4 rings (SSSR count). The first-order chi connectivity index (χ1) is 12.6. The summed E-state index contributed by atoms with van der Waals surface area (Å²) in [5.41, 5.74) is 7.47. The monoisotopic (exact) mass is 368 g/mol. The van der Waals surface area contributed by atoms with Gasteiger partial charge in [0.25, 0.3) is 0 Å². The molecule has 0 radical (unpaired) electrons. The Morgan fingerprint density at radius 3 is 2.65 bits per heavy atom. The maximum atomic E-state index is 11.8. The number of amides is 1. The van der Waals surface area contributed by atoms with Crippen molar-refractivity contribution in [3.8, 4) is 6.07 Å². The summed E-state index contributed by atoms with van der Waals surface area (Å²) < 4.78 is 0. The van der Waals surface area contributed by atoms with Crippen LogP contribution < -0.4 is 15.5 Å². The molecule has 132 valence electrons. The lowest BCUT2D eigenvalue weighted by Gasteiger charge is -2.26. The van der Waals surface area contributed by atoms with Crippen LogP contribution in [0.3, 0.4) is 0 Å². The average molecular weight is 369 g/mol. The van der Waals surface area contributed by atoms with Crippen molar-refractivity contribution in [2.45, 2.75) is 25.3 Å². The molecule has 0 bridgehead atoms. The number of rotatable bonds is 3. The number of benzene rings is 1. The zero-order valence-corrected chi connectivity index (χ0v) is 14.8. The first kappa shape index (κ1) is 16.6. The second-order valence-corrected chi connectivity index (χ2v) is 6.85. The quantitative estimate of drug-likeness (QED) is 0.891. The minimum Gasteiger partial charge on any atom is -0.368 e. The van der Waals surface area contributed by atoms with Crippen LogP contribution in [-0.2, 0) is 11.2 Å². The summed E-state index contributed by atoms with van der Waals surface area (Å²) in [6.45, 7) is 1.42. The number of halogens is 1. The van der Waals surface area contributed by atoms with E-state index in [4.69, 9.17) is 17.3 Å². The smallest absolute Gasteiger partial charge is 0.240 e. The van der Waals surface area contributed by atoms with Crippen LogP contribution in [0.2, 0.25) is 5.02 Å². The highest BCUT2D eigenvalue weighted by atomic mass is 35.5. The molecule has 1 atom stereocenters. The highest BCUT2D eigenvalue weighted by molar-refractivity contribution is 6.30.